The summed E-state index contributed by atoms with van der Waals surface area (Å²) in [5.74, 6) is 0. The van der Waals surface area contributed by atoms with Crippen molar-refractivity contribution in [2.75, 3.05) is 0 Å². The molecule has 0 heterocycles. The van der Waals surface area contributed by atoms with Crippen LogP contribution in [0.15, 0.2) is 158 Å². The molecule has 0 saturated carbocycles. The first-order chi connectivity index (χ1) is 20.8. The Morgan fingerprint density at radius 1 is 0.238 bits per heavy atom. The second-order valence-electron chi connectivity index (χ2n) is 10.9. The van der Waals surface area contributed by atoms with E-state index in [0.717, 1.165) is 0 Å². The van der Waals surface area contributed by atoms with Crippen molar-refractivity contribution in [1.82, 2.24) is 0 Å². The predicted molar refractivity (Wildman–Crippen MR) is 183 cm³/mol. The van der Waals surface area contributed by atoms with E-state index in [9.17, 15) is 0 Å². The third-order valence-electron chi connectivity index (χ3n) is 8.52. The molecule has 196 valence electrons. The van der Waals surface area contributed by atoms with E-state index in [0.29, 0.717) is 0 Å². The van der Waals surface area contributed by atoms with Crippen LogP contribution < -0.4 is 0 Å². The molecule has 0 aromatic heterocycles. The second kappa shape index (κ2) is 10.2. The van der Waals surface area contributed by atoms with Gasteiger partial charge < -0.3 is 0 Å². The van der Waals surface area contributed by atoms with Gasteiger partial charge in [0.25, 0.3) is 0 Å². The van der Waals surface area contributed by atoms with Gasteiger partial charge in [-0.15, -0.1) is 0 Å². The summed E-state index contributed by atoms with van der Waals surface area (Å²) in [7, 11) is 0. The maximum Gasteiger partial charge on any atom is -0.00987 e. The van der Waals surface area contributed by atoms with Crippen LogP contribution in [0, 0.1) is 0 Å². The zero-order valence-electron chi connectivity index (χ0n) is 23.2. The third-order valence-corrected chi connectivity index (χ3v) is 8.52. The summed E-state index contributed by atoms with van der Waals surface area (Å²) in [6.07, 6.45) is 4.54. The minimum absolute atomic E-state index is 1.22. The summed E-state index contributed by atoms with van der Waals surface area (Å²) in [6.45, 7) is 0. The Balaban J connectivity index is 1.25. The Bertz CT molecular complexity index is 2130. The molecular formula is C42H28. The van der Waals surface area contributed by atoms with Crippen LogP contribution in [-0.2, 0) is 0 Å². The third kappa shape index (κ3) is 4.08. The van der Waals surface area contributed by atoms with Gasteiger partial charge in [-0.25, -0.2) is 0 Å². The van der Waals surface area contributed by atoms with Crippen molar-refractivity contribution >= 4 is 55.2 Å². The van der Waals surface area contributed by atoms with E-state index in [1.54, 1.807) is 0 Å². The van der Waals surface area contributed by atoms with Crippen LogP contribution in [0.4, 0.5) is 0 Å². The fourth-order valence-corrected chi connectivity index (χ4v) is 6.51. The molecule has 0 atom stereocenters. The molecule has 0 heteroatoms. The molecule has 0 aliphatic carbocycles. The van der Waals surface area contributed by atoms with Gasteiger partial charge >= 0.3 is 0 Å². The fourth-order valence-electron chi connectivity index (χ4n) is 6.51. The van der Waals surface area contributed by atoms with Gasteiger partial charge in [-0.1, -0.05) is 170 Å². The van der Waals surface area contributed by atoms with E-state index in [-0.39, 0.29) is 0 Å². The molecule has 0 unspecified atom stereocenters. The summed E-state index contributed by atoms with van der Waals surface area (Å²) >= 11 is 0. The summed E-state index contributed by atoms with van der Waals surface area (Å²) in [6, 6.07) is 57.1. The van der Waals surface area contributed by atoms with Crippen LogP contribution in [0.5, 0.6) is 0 Å². The van der Waals surface area contributed by atoms with Gasteiger partial charge in [-0.3, -0.25) is 0 Å². The van der Waals surface area contributed by atoms with Crippen LogP contribution in [0.3, 0.4) is 0 Å². The van der Waals surface area contributed by atoms with Crippen molar-refractivity contribution in [3.05, 3.63) is 169 Å². The smallest absolute Gasteiger partial charge is 0.00987 e. The van der Waals surface area contributed by atoms with Crippen LogP contribution in [0.1, 0.15) is 11.1 Å². The molecule has 0 nitrogen and oxygen atoms in total. The first-order valence-electron chi connectivity index (χ1n) is 14.5. The molecule has 0 saturated heterocycles. The van der Waals surface area contributed by atoms with E-state index in [4.69, 9.17) is 0 Å². The Morgan fingerprint density at radius 3 is 1.02 bits per heavy atom. The number of rotatable bonds is 4. The zero-order valence-corrected chi connectivity index (χ0v) is 23.2. The summed E-state index contributed by atoms with van der Waals surface area (Å²) < 4.78 is 0. The van der Waals surface area contributed by atoms with Crippen LogP contribution in [-0.4, -0.2) is 0 Å². The number of fused-ring (bicyclic) bond motifs is 4. The molecule has 0 fully saturated rings. The molecular weight excluding hydrogens is 504 g/mol. The van der Waals surface area contributed by atoms with Gasteiger partial charge in [0, 0.05) is 0 Å². The number of hydrogen-bond donors (Lipinski definition) is 0. The fraction of sp³-hybridized carbons (Fsp3) is 0. The lowest BCUT2D eigenvalue weighted by atomic mass is 9.91. The highest BCUT2D eigenvalue weighted by atomic mass is 14.1. The summed E-state index contributed by atoms with van der Waals surface area (Å²) in [4.78, 5) is 0. The predicted octanol–water partition coefficient (Wildman–Crippen LogP) is 11.8. The molecule has 8 aromatic carbocycles. The maximum atomic E-state index is 2.28. The highest BCUT2D eigenvalue weighted by Crippen LogP contribution is 2.38. The van der Waals surface area contributed by atoms with Crippen molar-refractivity contribution in [2.24, 2.45) is 0 Å². The lowest BCUT2D eigenvalue weighted by molar-refractivity contribution is 1.66. The average molecular weight is 533 g/mol. The van der Waals surface area contributed by atoms with Gasteiger partial charge in [0.2, 0.25) is 0 Å². The summed E-state index contributed by atoms with van der Waals surface area (Å²) in [5, 5.41) is 10.2. The SMILES string of the molecule is C(=C\c1ccc(-c2cccc3ccccc23)c2ccccc12)/c1ccc(-c2cccc3ccccc23)c2ccccc12. The molecule has 8 rings (SSSR count). The van der Waals surface area contributed by atoms with Crippen molar-refractivity contribution in [3.63, 3.8) is 0 Å². The molecule has 0 N–H and O–H groups in total. The van der Waals surface area contributed by atoms with Gasteiger partial charge in [0.1, 0.15) is 0 Å². The Labute approximate surface area is 245 Å². The molecule has 0 spiro atoms. The molecule has 0 amide bonds. The van der Waals surface area contributed by atoms with Crippen molar-refractivity contribution in [3.8, 4) is 22.3 Å². The van der Waals surface area contributed by atoms with Crippen molar-refractivity contribution in [1.29, 1.82) is 0 Å². The zero-order chi connectivity index (χ0) is 27.9. The quantitative estimate of drug-likeness (QED) is 0.198. The maximum absolute atomic E-state index is 2.28. The van der Waals surface area contributed by atoms with Gasteiger partial charge in [0.05, 0.1) is 0 Å². The monoisotopic (exact) mass is 532 g/mol. The highest BCUT2D eigenvalue weighted by Gasteiger charge is 2.11. The van der Waals surface area contributed by atoms with E-state index in [1.165, 1.54) is 76.5 Å². The van der Waals surface area contributed by atoms with Crippen LogP contribution >= 0.6 is 0 Å². The normalized spacial score (nSPS) is 11.7. The van der Waals surface area contributed by atoms with Crippen LogP contribution in [0.25, 0.3) is 77.5 Å². The number of benzene rings is 8. The largest absolute Gasteiger partial charge is 0.0616 e. The molecule has 0 radical (unpaired) electrons. The van der Waals surface area contributed by atoms with Gasteiger partial charge in [-0.2, -0.15) is 0 Å². The lowest BCUT2D eigenvalue weighted by Crippen LogP contribution is -1.87. The molecule has 8 aromatic rings. The Morgan fingerprint density at radius 2 is 0.571 bits per heavy atom. The van der Waals surface area contributed by atoms with Crippen molar-refractivity contribution < 1.29 is 0 Å². The minimum Gasteiger partial charge on any atom is -0.0616 e. The molecule has 0 aliphatic rings. The second-order valence-corrected chi connectivity index (χ2v) is 10.9. The highest BCUT2D eigenvalue weighted by molar-refractivity contribution is 6.10. The van der Waals surface area contributed by atoms with E-state index >= 15 is 0 Å². The van der Waals surface area contributed by atoms with E-state index in [2.05, 4.69) is 170 Å². The topological polar surface area (TPSA) is 0 Å². The standard InChI is InChI=1S/C42H28/c1-3-15-33-29(11-1)13-9-21-39(33)41-27-25-31(35-17-5-7-19-37(35)41)23-24-32-26-28-42(38-20-8-6-18-36(32)38)40-22-10-14-30-12-2-4-16-34(30)40/h1-28H/b24-23+. The lowest BCUT2D eigenvalue weighted by Gasteiger charge is -2.13. The van der Waals surface area contributed by atoms with Crippen LogP contribution in [0.2, 0.25) is 0 Å². The van der Waals surface area contributed by atoms with Gasteiger partial charge in [0.15, 0.2) is 0 Å². The Hall–Kier alpha value is -5.46. The Kier molecular flexibility index (Phi) is 5.90. The first-order valence-corrected chi connectivity index (χ1v) is 14.5. The first kappa shape index (κ1) is 24.3. The van der Waals surface area contributed by atoms with Gasteiger partial charge in [-0.05, 0) is 76.5 Å². The minimum atomic E-state index is 1.22. The summed E-state index contributed by atoms with van der Waals surface area (Å²) in [5.41, 5.74) is 7.52. The molecule has 0 bridgehead atoms. The van der Waals surface area contributed by atoms with E-state index < -0.39 is 0 Å². The average Bonchev–Trinajstić information content (AvgIpc) is 3.06. The van der Waals surface area contributed by atoms with E-state index in [1.807, 2.05) is 0 Å². The number of hydrogen-bond acceptors (Lipinski definition) is 0. The molecule has 42 heavy (non-hydrogen) atoms. The van der Waals surface area contributed by atoms with Crippen molar-refractivity contribution in [2.45, 2.75) is 0 Å². The molecule has 0 aliphatic heterocycles.